The first-order valence-corrected chi connectivity index (χ1v) is 7.53. The van der Waals surface area contributed by atoms with E-state index in [1.165, 1.54) is 6.92 Å². The largest absolute Gasteiger partial charge is 0.461 e. The Hall–Kier alpha value is -1.45. The Balaban J connectivity index is 2.15. The van der Waals surface area contributed by atoms with Crippen LogP contribution in [0.3, 0.4) is 0 Å². The van der Waals surface area contributed by atoms with Gasteiger partial charge >= 0.3 is 5.97 Å². The zero-order valence-corrected chi connectivity index (χ0v) is 13.1. The molecule has 21 heavy (non-hydrogen) atoms. The van der Waals surface area contributed by atoms with Crippen LogP contribution in [0.2, 0.25) is 0 Å². The second-order valence-electron chi connectivity index (χ2n) is 7.92. The number of allylic oxidation sites excluding steroid dienone is 1. The molecule has 0 amide bonds. The molecule has 3 aliphatic carbocycles. The maximum Gasteiger partial charge on any atom is 0.302 e. The van der Waals surface area contributed by atoms with Gasteiger partial charge in [-0.05, 0) is 24.7 Å². The molecule has 3 aliphatic rings. The Kier molecular flexibility index (Phi) is 2.80. The average molecular weight is 290 g/mol. The highest BCUT2D eigenvalue weighted by Crippen LogP contribution is 2.75. The zero-order chi connectivity index (χ0) is 15.6. The number of hydrogen-bond acceptors (Lipinski definition) is 4. The van der Waals surface area contributed by atoms with Crippen LogP contribution < -0.4 is 0 Å². The molecule has 0 aromatic heterocycles. The van der Waals surface area contributed by atoms with E-state index >= 15 is 0 Å². The molecule has 2 saturated carbocycles. The van der Waals surface area contributed by atoms with E-state index < -0.39 is 10.8 Å². The Morgan fingerprint density at radius 2 is 1.95 bits per heavy atom. The van der Waals surface area contributed by atoms with Crippen molar-refractivity contribution in [3.8, 4) is 0 Å². The van der Waals surface area contributed by atoms with Gasteiger partial charge in [0.05, 0.1) is 5.41 Å². The van der Waals surface area contributed by atoms with Gasteiger partial charge in [-0.1, -0.05) is 26.3 Å². The predicted molar refractivity (Wildman–Crippen MR) is 76.4 cm³/mol. The molecule has 4 nitrogen and oxygen atoms in total. The van der Waals surface area contributed by atoms with E-state index in [1.807, 2.05) is 6.92 Å². The van der Waals surface area contributed by atoms with Crippen molar-refractivity contribution in [2.45, 2.75) is 53.1 Å². The molecule has 0 bridgehead atoms. The fourth-order valence-corrected chi connectivity index (χ4v) is 4.86. The normalized spacial score (nSPS) is 42.9. The standard InChI is InChI=1S/C17H22O4/c1-10(20)21-14-12-6-15(2,3)5-11(12)13(7-18)17(9-19)8-16(14,17)4/h7,9,12,14H,5-6,8H2,1-4H3/t12-,14+,16+,17+/m1/s1. The van der Waals surface area contributed by atoms with Crippen molar-refractivity contribution >= 4 is 18.5 Å². The third-order valence-corrected chi connectivity index (χ3v) is 5.86. The summed E-state index contributed by atoms with van der Waals surface area (Å²) in [6.45, 7) is 7.70. The number of carbonyl (C=O) groups is 3. The first kappa shape index (κ1) is 14.5. The molecule has 114 valence electrons. The SMILES string of the molecule is CC(=O)O[C@H]1[C@@H]2CC(C)(C)CC2=C(C=O)[C@@]2(C=O)C[C@@]12C. The summed E-state index contributed by atoms with van der Waals surface area (Å²) < 4.78 is 5.63. The topological polar surface area (TPSA) is 60.4 Å². The maximum atomic E-state index is 11.7. The van der Waals surface area contributed by atoms with Crippen LogP contribution in [0.25, 0.3) is 0 Å². The molecule has 4 heteroatoms. The van der Waals surface area contributed by atoms with Crippen molar-refractivity contribution in [3.05, 3.63) is 11.1 Å². The molecule has 0 aliphatic heterocycles. The number of aldehydes is 2. The summed E-state index contributed by atoms with van der Waals surface area (Å²) in [7, 11) is 0. The molecule has 0 unspecified atom stereocenters. The summed E-state index contributed by atoms with van der Waals surface area (Å²) in [5.74, 6) is -0.240. The maximum absolute atomic E-state index is 11.7. The van der Waals surface area contributed by atoms with Gasteiger partial charge in [0.2, 0.25) is 0 Å². The van der Waals surface area contributed by atoms with Crippen molar-refractivity contribution in [1.82, 2.24) is 0 Å². The summed E-state index contributed by atoms with van der Waals surface area (Å²) in [6.07, 6.45) is 3.78. The number of fused-ring (bicyclic) bond motifs is 2. The molecule has 0 saturated heterocycles. The van der Waals surface area contributed by atoms with Gasteiger partial charge in [0.15, 0.2) is 0 Å². The van der Waals surface area contributed by atoms with E-state index in [0.717, 1.165) is 31.0 Å². The molecule has 0 heterocycles. The van der Waals surface area contributed by atoms with Crippen LogP contribution in [-0.4, -0.2) is 24.6 Å². The minimum Gasteiger partial charge on any atom is -0.461 e. The second-order valence-corrected chi connectivity index (χ2v) is 7.92. The van der Waals surface area contributed by atoms with Crippen LogP contribution >= 0.6 is 0 Å². The third kappa shape index (κ3) is 1.71. The van der Waals surface area contributed by atoms with Gasteiger partial charge < -0.3 is 9.53 Å². The van der Waals surface area contributed by atoms with Gasteiger partial charge in [0, 0.05) is 23.8 Å². The lowest BCUT2D eigenvalue weighted by Crippen LogP contribution is -2.42. The molecule has 0 radical (unpaired) electrons. The van der Waals surface area contributed by atoms with E-state index in [0.29, 0.717) is 12.0 Å². The number of rotatable bonds is 3. The van der Waals surface area contributed by atoms with Gasteiger partial charge in [0.25, 0.3) is 0 Å². The first-order chi connectivity index (χ1) is 9.71. The average Bonchev–Trinajstić information content (AvgIpc) is 2.88. The second kappa shape index (κ2) is 4.05. The Bertz CT molecular complexity index is 573. The molecule has 0 aromatic rings. The third-order valence-electron chi connectivity index (χ3n) is 5.86. The van der Waals surface area contributed by atoms with Crippen LogP contribution in [0.5, 0.6) is 0 Å². The van der Waals surface area contributed by atoms with Crippen LogP contribution in [0.1, 0.15) is 47.0 Å². The quantitative estimate of drug-likeness (QED) is 0.592. The van der Waals surface area contributed by atoms with Crippen LogP contribution in [0, 0.1) is 22.2 Å². The summed E-state index contributed by atoms with van der Waals surface area (Å²) in [5.41, 5.74) is 0.623. The fourth-order valence-electron chi connectivity index (χ4n) is 4.86. The van der Waals surface area contributed by atoms with Crippen LogP contribution in [0.4, 0.5) is 0 Å². The lowest BCUT2D eigenvalue weighted by Gasteiger charge is -2.38. The Labute approximate surface area is 124 Å². The molecule has 0 aromatic carbocycles. The molecule has 0 spiro atoms. The van der Waals surface area contributed by atoms with Gasteiger partial charge in [-0.25, -0.2) is 0 Å². The number of hydrogen-bond donors (Lipinski definition) is 0. The Morgan fingerprint density at radius 1 is 1.29 bits per heavy atom. The summed E-state index contributed by atoms with van der Waals surface area (Å²) in [5, 5.41) is 0. The highest BCUT2D eigenvalue weighted by Gasteiger charge is 2.76. The van der Waals surface area contributed by atoms with Crippen molar-refractivity contribution in [2.75, 3.05) is 0 Å². The van der Waals surface area contributed by atoms with Crippen LogP contribution in [0.15, 0.2) is 11.1 Å². The number of ether oxygens (including phenoxy) is 1. The molecule has 0 N–H and O–H groups in total. The van der Waals surface area contributed by atoms with Crippen LogP contribution in [-0.2, 0) is 19.1 Å². The molecular weight excluding hydrogens is 268 g/mol. The van der Waals surface area contributed by atoms with E-state index in [9.17, 15) is 14.4 Å². The van der Waals surface area contributed by atoms with Gasteiger partial charge in [-0.3, -0.25) is 9.59 Å². The summed E-state index contributed by atoms with van der Waals surface area (Å²) in [4.78, 5) is 34.9. The van der Waals surface area contributed by atoms with Crippen molar-refractivity contribution in [2.24, 2.45) is 22.2 Å². The minimum absolute atomic E-state index is 0.0733. The summed E-state index contributed by atoms with van der Waals surface area (Å²) in [6, 6.07) is 0. The monoisotopic (exact) mass is 290 g/mol. The van der Waals surface area contributed by atoms with Gasteiger partial charge in [-0.2, -0.15) is 0 Å². The van der Waals surface area contributed by atoms with Gasteiger partial charge in [-0.15, -0.1) is 0 Å². The fraction of sp³-hybridized carbons (Fsp3) is 0.706. The molecular formula is C17H22O4. The highest BCUT2D eigenvalue weighted by molar-refractivity contribution is 5.91. The zero-order valence-electron chi connectivity index (χ0n) is 13.1. The van der Waals surface area contributed by atoms with Crippen molar-refractivity contribution in [3.63, 3.8) is 0 Å². The number of carbonyl (C=O) groups excluding carboxylic acids is 3. The van der Waals surface area contributed by atoms with E-state index in [-0.39, 0.29) is 23.4 Å². The predicted octanol–water partition coefficient (Wildman–Crippen LogP) is 2.46. The van der Waals surface area contributed by atoms with Crippen molar-refractivity contribution < 1.29 is 19.1 Å². The molecule has 2 fully saturated rings. The minimum atomic E-state index is -0.735. The van der Waals surface area contributed by atoms with Gasteiger partial charge in [0.1, 0.15) is 18.7 Å². The van der Waals surface area contributed by atoms with Crippen molar-refractivity contribution in [1.29, 1.82) is 0 Å². The molecule has 4 atom stereocenters. The summed E-state index contributed by atoms with van der Waals surface area (Å²) >= 11 is 0. The molecule has 3 rings (SSSR count). The number of esters is 1. The lowest BCUT2D eigenvalue weighted by atomic mass is 9.70. The Morgan fingerprint density at radius 3 is 2.48 bits per heavy atom. The highest BCUT2D eigenvalue weighted by atomic mass is 16.5. The van der Waals surface area contributed by atoms with E-state index in [1.54, 1.807) is 0 Å². The first-order valence-electron chi connectivity index (χ1n) is 7.53. The van der Waals surface area contributed by atoms with E-state index in [2.05, 4.69) is 13.8 Å². The lowest BCUT2D eigenvalue weighted by molar-refractivity contribution is -0.154. The smallest absolute Gasteiger partial charge is 0.302 e. The van der Waals surface area contributed by atoms with E-state index in [4.69, 9.17) is 4.74 Å².